The van der Waals surface area contributed by atoms with Crippen molar-refractivity contribution in [2.45, 2.75) is 18.9 Å². The van der Waals surface area contributed by atoms with Crippen LogP contribution in [0.15, 0.2) is 30.3 Å². The van der Waals surface area contributed by atoms with Gasteiger partial charge >= 0.3 is 0 Å². The van der Waals surface area contributed by atoms with Gasteiger partial charge in [0.15, 0.2) is 0 Å². The molecule has 0 saturated heterocycles. The lowest BCUT2D eigenvalue weighted by Crippen LogP contribution is -2.25. The summed E-state index contributed by atoms with van der Waals surface area (Å²) in [6.45, 7) is 3.15. The molecule has 2 N–H and O–H groups in total. The summed E-state index contributed by atoms with van der Waals surface area (Å²) in [6, 6.07) is 10.4. The van der Waals surface area contributed by atoms with Gasteiger partial charge in [-0.1, -0.05) is 30.3 Å². The number of ether oxygens (including phenoxy) is 3. The largest absolute Gasteiger partial charge is 0.382 e. The van der Waals surface area contributed by atoms with E-state index in [0.717, 1.165) is 12.8 Å². The normalized spacial score (nSPS) is 12.5. The van der Waals surface area contributed by atoms with Crippen LogP contribution in [0.25, 0.3) is 0 Å². The third-order valence-electron chi connectivity index (χ3n) is 2.78. The Labute approximate surface area is 115 Å². The standard InChI is InChI=1S/C15H25NO3/c1-17-9-10-19-12-11-18-8-7-15(16)13-14-5-3-2-4-6-14/h2-6,15H,7-13,16H2,1H3. The van der Waals surface area contributed by atoms with Crippen LogP contribution in [-0.2, 0) is 20.6 Å². The number of hydrogen-bond donors (Lipinski definition) is 1. The van der Waals surface area contributed by atoms with E-state index in [0.29, 0.717) is 33.0 Å². The van der Waals surface area contributed by atoms with Crippen molar-refractivity contribution in [3.05, 3.63) is 35.9 Å². The van der Waals surface area contributed by atoms with Crippen LogP contribution >= 0.6 is 0 Å². The predicted octanol–water partition coefficient (Wildman–Crippen LogP) is 1.63. The maximum Gasteiger partial charge on any atom is 0.0701 e. The molecule has 0 aromatic heterocycles. The van der Waals surface area contributed by atoms with Crippen molar-refractivity contribution in [3.63, 3.8) is 0 Å². The van der Waals surface area contributed by atoms with E-state index in [1.165, 1.54) is 5.56 Å². The van der Waals surface area contributed by atoms with Crippen LogP contribution in [0.4, 0.5) is 0 Å². The molecule has 0 spiro atoms. The van der Waals surface area contributed by atoms with Gasteiger partial charge in [0.2, 0.25) is 0 Å². The molecular weight excluding hydrogens is 242 g/mol. The molecule has 1 rings (SSSR count). The highest BCUT2D eigenvalue weighted by Crippen LogP contribution is 2.04. The SMILES string of the molecule is COCCOCCOCCC(N)Cc1ccccc1. The zero-order valence-electron chi connectivity index (χ0n) is 11.7. The van der Waals surface area contributed by atoms with Crippen molar-refractivity contribution in [1.82, 2.24) is 0 Å². The number of benzene rings is 1. The van der Waals surface area contributed by atoms with Crippen molar-refractivity contribution in [2.24, 2.45) is 5.73 Å². The third-order valence-corrected chi connectivity index (χ3v) is 2.78. The lowest BCUT2D eigenvalue weighted by molar-refractivity contribution is 0.0234. The molecule has 0 fully saturated rings. The number of methoxy groups -OCH3 is 1. The topological polar surface area (TPSA) is 53.7 Å². The first-order chi connectivity index (χ1) is 9.33. The van der Waals surface area contributed by atoms with Crippen LogP contribution in [0.2, 0.25) is 0 Å². The summed E-state index contributed by atoms with van der Waals surface area (Å²) in [5, 5.41) is 0. The average molecular weight is 267 g/mol. The monoisotopic (exact) mass is 267 g/mol. The number of hydrogen-bond acceptors (Lipinski definition) is 4. The molecule has 0 bridgehead atoms. The molecule has 19 heavy (non-hydrogen) atoms. The van der Waals surface area contributed by atoms with Crippen molar-refractivity contribution in [2.75, 3.05) is 40.1 Å². The van der Waals surface area contributed by atoms with Crippen LogP contribution in [0.5, 0.6) is 0 Å². The van der Waals surface area contributed by atoms with E-state index in [2.05, 4.69) is 12.1 Å². The van der Waals surface area contributed by atoms with Crippen LogP contribution in [0, 0.1) is 0 Å². The fourth-order valence-corrected chi connectivity index (χ4v) is 1.72. The Morgan fingerprint density at radius 2 is 1.58 bits per heavy atom. The fraction of sp³-hybridized carbons (Fsp3) is 0.600. The van der Waals surface area contributed by atoms with Gasteiger partial charge < -0.3 is 19.9 Å². The van der Waals surface area contributed by atoms with E-state index < -0.39 is 0 Å². The summed E-state index contributed by atoms with van der Waals surface area (Å²) < 4.78 is 15.6. The predicted molar refractivity (Wildman–Crippen MR) is 76.3 cm³/mol. The summed E-state index contributed by atoms with van der Waals surface area (Å²) in [5.74, 6) is 0. The summed E-state index contributed by atoms with van der Waals surface area (Å²) in [5.41, 5.74) is 7.33. The molecule has 0 aliphatic carbocycles. The third kappa shape index (κ3) is 8.72. The highest BCUT2D eigenvalue weighted by molar-refractivity contribution is 5.15. The van der Waals surface area contributed by atoms with Gasteiger partial charge in [0, 0.05) is 19.8 Å². The molecule has 108 valence electrons. The molecule has 0 saturated carbocycles. The number of nitrogens with two attached hydrogens (primary N) is 1. The van der Waals surface area contributed by atoms with Crippen molar-refractivity contribution >= 4 is 0 Å². The highest BCUT2D eigenvalue weighted by Gasteiger charge is 2.03. The van der Waals surface area contributed by atoms with E-state index >= 15 is 0 Å². The minimum absolute atomic E-state index is 0.150. The first kappa shape index (κ1) is 16.1. The molecule has 4 heteroatoms. The molecule has 4 nitrogen and oxygen atoms in total. The molecule has 1 aromatic rings. The van der Waals surface area contributed by atoms with Crippen molar-refractivity contribution in [1.29, 1.82) is 0 Å². The minimum atomic E-state index is 0.150. The second kappa shape index (κ2) is 10.9. The Hall–Kier alpha value is -0.940. The Bertz CT molecular complexity index is 306. The van der Waals surface area contributed by atoms with Crippen molar-refractivity contribution < 1.29 is 14.2 Å². The van der Waals surface area contributed by atoms with Gasteiger partial charge in [-0.15, -0.1) is 0 Å². The lowest BCUT2D eigenvalue weighted by atomic mass is 10.0. The van der Waals surface area contributed by atoms with Gasteiger partial charge in [0.25, 0.3) is 0 Å². The smallest absolute Gasteiger partial charge is 0.0701 e. The Kier molecular flexibility index (Phi) is 9.27. The zero-order chi connectivity index (χ0) is 13.8. The second-order valence-electron chi connectivity index (χ2n) is 4.46. The first-order valence-electron chi connectivity index (χ1n) is 6.77. The summed E-state index contributed by atoms with van der Waals surface area (Å²) in [6.07, 6.45) is 1.77. The van der Waals surface area contributed by atoms with E-state index in [1.54, 1.807) is 7.11 Å². The van der Waals surface area contributed by atoms with E-state index in [4.69, 9.17) is 19.9 Å². The van der Waals surface area contributed by atoms with Gasteiger partial charge in [-0.3, -0.25) is 0 Å². The molecule has 0 aliphatic heterocycles. The second-order valence-corrected chi connectivity index (χ2v) is 4.46. The number of rotatable bonds is 11. The first-order valence-corrected chi connectivity index (χ1v) is 6.77. The van der Waals surface area contributed by atoms with Gasteiger partial charge in [-0.2, -0.15) is 0 Å². The fourth-order valence-electron chi connectivity index (χ4n) is 1.72. The van der Waals surface area contributed by atoms with Crippen LogP contribution in [0.3, 0.4) is 0 Å². The maximum absolute atomic E-state index is 6.06. The Morgan fingerprint density at radius 1 is 0.947 bits per heavy atom. The molecule has 0 heterocycles. The van der Waals surface area contributed by atoms with Gasteiger partial charge in [-0.25, -0.2) is 0 Å². The molecule has 0 radical (unpaired) electrons. The maximum atomic E-state index is 6.06. The van der Waals surface area contributed by atoms with Gasteiger partial charge in [0.1, 0.15) is 0 Å². The molecule has 1 atom stereocenters. The summed E-state index contributed by atoms with van der Waals surface area (Å²) in [7, 11) is 1.66. The van der Waals surface area contributed by atoms with E-state index in [-0.39, 0.29) is 6.04 Å². The van der Waals surface area contributed by atoms with Gasteiger partial charge in [-0.05, 0) is 18.4 Å². The zero-order valence-corrected chi connectivity index (χ0v) is 11.7. The van der Waals surface area contributed by atoms with Gasteiger partial charge in [0.05, 0.1) is 26.4 Å². The molecule has 1 aromatic carbocycles. The lowest BCUT2D eigenvalue weighted by Gasteiger charge is -2.12. The van der Waals surface area contributed by atoms with E-state index in [1.807, 2.05) is 18.2 Å². The minimum Gasteiger partial charge on any atom is -0.382 e. The Balaban J connectivity index is 1.94. The molecule has 1 unspecified atom stereocenters. The summed E-state index contributed by atoms with van der Waals surface area (Å²) >= 11 is 0. The molecule has 0 amide bonds. The quantitative estimate of drug-likeness (QED) is 0.619. The van der Waals surface area contributed by atoms with Crippen LogP contribution in [-0.4, -0.2) is 46.2 Å². The van der Waals surface area contributed by atoms with Crippen molar-refractivity contribution in [3.8, 4) is 0 Å². The highest BCUT2D eigenvalue weighted by atomic mass is 16.5. The summed E-state index contributed by atoms with van der Waals surface area (Å²) in [4.78, 5) is 0. The molecule has 0 aliphatic rings. The van der Waals surface area contributed by atoms with Crippen LogP contribution in [0.1, 0.15) is 12.0 Å². The van der Waals surface area contributed by atoms with Crippen LogP contribution < -0.4 is 5.73 Å². The Morgan fingerprint density at radius 3 is 2.26 bits per heavy atom. The van der Waals surface area contributed by atoms with E-state index in [9.17, 15) is 0 Å². The molecular formula is C15H25NO3. The average Bonchev–Trinajstić information content (AvgIpc) is 2.43.